The maximum atomic E-state index is 12.6. The van der Waals surface area contributed by atoms with Gasteiger partial charge in [0.2, 0.25) is 17.8 Å². The maximum Gasteiger partial charge on any atom is 0.241 e. The van der Waals surface area contributed by atoms with Crippen LogP contribution in [0.5, 0.6) is 0 Å². The molecule has 8 heteroatoms. The number of nitrogen functional groups attached to an aromatic ring is 1. The third kappa shape index (κ3) is 3.62. The lowest BCUT2D eigenvalue weighted by molar-refractivity contribution is -0.131. The Morgan fingerprint density at radius 3 is 2.62 bits per heavy atom. The summed E-state index contributed by atoms with van der Waals surface area (Å²) in [6.07, 6.45) is 1.50. The van der Waals surface area contributed by atoms with E-state index >= 15 is 0 Å². The van der Waals surface area contributed by atoms with Gasteiger partial charge in [0.15, 0.2) is 0 Å². The summed E-state index contributed by atoms with van der Waals surface area (Å²) in [5, 5.41) is 10.4. The quantitative estimate of drug-likeness (QED) is 0.784. The largest absolute Gasteiger partial charge is 0.366 e. The Bertz CT molecular complexity index is 706. The summed E-state index contributed by atoms with van der Waals surface area (Å²) < 4.78 is 0. The van der Waals surface area contributed by atoms with Crippen molar-refractivity contribution in [2.24, 2.45) is 5.41 Å². The highest BCUT2D eigenvalue weighted by atomic mass is 35.5. The van der Waals surface area contributed by atoms with Crippen molar-refractivity contribution < 1.29 is 4.79 Å². The van der Waals surface area contributed by atoms with E-state index in [1.54, 1.807) is 0 Å². The van der Waals surface area contributed by atoms with Gasteiger partial charge in [0.05, 0.1) is 0 Å². The number of H-pyrrole nitrogens is 1. The van der Waals surface area contributed by atoms with E-state index in [0.29, 0.717) is 17.5 Å². The van der Waals surface area contributed by atoms with Crippen LogP contribution in [0.15, 0.2) is 24.3 Å². The number of benzene rings is 1. The summed E-state index contributed by atoms with van der Waals surface area (Å²) in [5.74, 6) is 0.976. The second-order valence-corrected chi connectivity index (χ2v) is 6.81. The fourth-order valence-electron chi connectivity index (χ4n) is 2.84. The Kier molecular flexibility index (Phi) is 4.62. The molecular weight excluding hydrogens is 328 g/mol. The number of anilines is 2. The van der Waals surface area contributed by atoms with E-state index in [4.69, 9.17) is 17.3 Å². The highest BCUT2D eigenvalue weighted by Gasteiger charge is 2.37. The number of amides is 1. The Hall–Kier alpha value is -2.28. The van der Waals surface area contributed by atoms with Crippen LogP contribution in [-0.4, -0.2) is 34.2 Å². The average Bonchev–Trinajstić information content (AvgIpc) is 3.01. The van der Waals surface area contributed by atoms with Gasteiger partial charge in [-0.1, -0.05) is 30.7 Å². The van der Waals surface area contributed by atoms with Crippen molar-refractivity contribution >= 4 is 29.4 Å². The molecule has 1 fully saturated rings. The summed E-state index contributed by atoms with van der Waals surface area (Å²) in [4.78, 5) is 18.8. The molecule has 128 valence electrons. The van der Waals surface area contributed by atoms with Crippen molar-refractivity contribution in [2.45, 2.75) is 26.3 Å². The maximum absolute atomic E-state index is 12.6. The van der Waals surface area contributed by atoms with Gasteiger partial charge in [0.25, 0.3) is 0 Å². The van der Waals surface area contributed by atoms with Crippen LogP contribution in [0.1, 0.15) is 25.3 Å². The summed E-state index contributed by atoms with van der Waals surface area (Å²) >= 11 is 5.87. The Morgan fingerprint density at radius 1 is 1.38 bits per heavy atom. The van der Waals surface area contributed by atoms with Crippen molar-refractivity contribution in [2.75, 3.05) is 23.7 Å². The number of halogens is 1. The number of piperidine rings is 1. The minimum atomic E-state index is -0.380. The van der Waals surface area contributed by atoms with Gasteiger partial charge in [-0.05, 0) is 30.5 Å². The van der Waals surface area contributed by atoms with Crippen LogP contribution in [0.4, 0.5) is 11.9 Å². The number of nitrogens with one attached hydrogen (secondary N) is 2. The summed E-state index contributed by atoms with van der Waals surface area (Å²) in [5.41, 5.74) is 6.19. The van der Waals surface area contributed by atoms with Crippen LogP contribution in [0, 0.1) is 5.41 Å². The van der Waals surface area contributed by atoms with Crippen molar-refractivity contribution in [3.8, 4) is 0 Å². The van der Waals surface area contributed by atoms with E-state index in [1.807, 2.05) is 31.2 Å². The molecule has 0 unspecified atom stereocenters. The number of carbonyl (C=O) groups is 1. The van der Waals surface area contributed by atoms with Gasteiger partial charge < -0.3 is 16.0 Å². The standard InChI is InChI=1S/C16H21ClN6O/c1-16(13(24)19-10-11-2-4-12(17)5-3-11)6-8-23(9-7-16)15-20-14(18)21-22-15/h2-5H,6-10H2,1H3,(H,19,24)(H3,18,20,21,22). The summed E-state index contributed by atoms with van der Waals surface area (Å²) in [6, 6.07) is 7.49. The molecule has 24 heavy (non-hydrogen) atoms. The van der Waals surface area contributed by atoms with Crippen LogP contribution < -0.4 is 16.0 Å². The van der Waals surface area contributed by atoms with Crippen LogP contribution in [0.25, 0.3) is 0 Å². The fourth-order valence-corrected chi connectivity index (χ4v) is 2.97. The molecule has 4 N–H and O–H groups in total. The minimum absolute atomic E-state index is 0.0779. The molecule has 0 saturated carbocycles. The molecule has 1 aromatic heterocycles. The molecule has 1 aliphatic heterocycles. The molecule has 0 radical (unpaired) electrons. The van der Waals surface area contributed by atoms with Crippen LogP contribution in [0.3, 0.4) is 0 Å². The molecule has 7 nitrogen and oxygen atoms in total. The molecule has 0 atom stereocenters. The topological polar surface area (TPSA) is 99.9 Å². The van der Waals surface area contributed by atoms with Gasteiger partial charge in [-0.3, -0.25) is 4.79 Å². The highest BCUT2D eigenvalue weighted by molar-refractivity contribution is 6.30. The molecule has 0 spiro atoms. The predicted molar refractivity (Wildman–Crippen MR) is 93.6 cm³/mol. The zero-order chi connectivity index (χ0) is 17.2. The minimum Gasteiger partial charge on any atom is -0.366 e. The van der Waals surface area contributed by atoms with E-state index in [9.17, 15) is 4.79 Å². The molecule has 1 saturated heterocycles. The Balaban J connectivity index is 1.54. The normalized spacial score (nSPS) is 16.8. The molecule has 0 bridgehead atoms. The van der Waals surface area contributed by atoms with Crippen molar-refractivity contribution in [3.05, 3.63) is 34.9 Å². The average molecular weight is 349 g/mol. The zero-order valence-electron chi connectivity index (χ0n) is 13.6. The van der Waals surface area contributed by atoms with Crippen molar-refractivity contribution in [1.82, 2.24) is 20.5 Å². The predicted octanol–water partition coefficient (Wildman–Crippen LogP) is 1.96. The number of aromatic amines is 1. The smallest absolute Gasteiger partial charge is 0.241 e. The van der Waals surface area contributed by atoms with E-state index in [2.05, 4.69) is 25.4 Å². The molecule has 2 heterocycles. The molecular formula is C16H21ClN6O. The third-order valence-electron chi connectivity index (χ3n) is 4.57. The number of rotatable bonds is 4. The highest BCUT2D eigenvalue weighted by Crippen LogP contribution is 2.32. The SMILES string of the molecule is CC1(C(=O)NCc2ccc(Cl)cc2)CCN(c2nc(N)n[nH]2)CC1. The lowest BCUT2D eigenvalue weighted by atomic mass is 9.79. The molecule has 2 aromatic rings. The first-order valence-corrected chi connectivity index (χ1v) is 8.30. The number of carbonyl (C=O) groups excluding carboxylic acids is 1. The van der Waals surface area contributed by atoms with Crippen molar-refractivity contribution in [1.29, 1.82) is 0 Å². The first kappa shape index (κ1) is 16.6. The lowest BCUT2D eigenvalue weighted by Gasteiger charge is -2.37. The molecule has 0 aliphatic carbocycles. The second kappa shape index (κ2) is 6.68. The van der Waals surface area contributed by atoms with Crippen molar-refractivity contribution in [3.63, 3.8) is 0 Å². The number of aromatic nitrogens is 3. The fraction of sp³-hybridized carbons (Fsp3) is 0.438. The second-order valence-electron chi connectivity index (χ2n) is 6.37. The van der Waals surface area contributed by atoms with Gasteiger partial charge in [0, 0.05) is 30.1 Å². The Labute approximate surface area is 145 Å². The third-order valence-corrected chi connectivity index (χ3v) is 4.82. The number of nitrogens with zero attached hydrogens (tertiary/aromatic N) is 3. The molecule has 1 aromatic carbocycles. The van der Waals surface area contributed by atoms with Crippen LogP contribution >= 0.6 is 11.6 Å². The van der Waals surface area contributed by atoms with E-state index in [1.165, 1.54) is 0 Å². The first-order chi connectivity index (χ1) is 11.5. The van der Waals surface area contributed by atoms with Gasteiger partial charge in [-0.2, -0.15) is 4.98 Å². The lowest BCUT2D eigenvalue weighted by Crippen LogP contribution is -2.47. The van der Waals surface area contributed by atoms with Gasteiger partial charge in [-0.15, -0.1) is 5.10 Å². The monoisotopic (exact) mass is 348 g/mol. The van der Waals surface area contributed by atoms with Crippen LogP contribution in [0.2, 0.25) is 5.02 Å². The van der Waals surface area contributed by atoms with E-state index < -0.39 is 0 Å². The van der Waals surface area contributed by atoms with Crippen LogP contribution in [-0.2, 0) is 11.3 Å². The number of hydrogen-bond acceptors (Lipinski definition) is 5. The number of nitrogens with two attached hydrogens (primary N) is 1. The van der Waals surface area contributed by atoms with E-state index in [-0.39, 0.29) is 17.3 Å². The van der Waals surface area contributed by atoms with Gasteiger partial charge >= 0.3 is 0 Å². The molecule has 1 amide bonds. The number of hydrogen-bond donors (Lipinski definition) is 3. The molecule has 1 aliphatic rings. The van der Waals surface area contributed by atoms with Gasteiger partial charge in [-0.25, -0.2) is 5.10 Å². The summed E-state index contributed by atoms with van der Waals surface area (Å²) in [6.45, 7) is 3.99. The van der Waals surface area contributed by atoms with E-state index in [0.717, 1.165) is 31.5 Å². The molecule has 3 rings (SSSR count). The Morgan fingerprint density at radius 2 is 2.04 bits per heavy atom. The zero-order valence-corrected chi connectivity index (χ0v) is 14.3. The first-order valence-electron chi connectivity index (χ1n) is 7.92. The van der Waals surface area contributed by atoms with Gasteiger partial charge in [0.1, 0.15) is 0 Å². The summed E-state index contributed by atoms with van der Waals surface area (Å²) in [7, 11) is 0.